The molecule has 1 amide bonds. The van der Waals surface area contributed by atoms with E-state index >= 15 is 0 Å². The Morgan fingerprint density at radius 3 is 2.46 bits per heavy atom. The van der Waals surface area contributed by atoms with Crippen molar-refractivity contribution in [3.05, 3.63) is 77.5 Å². The van der Waals surface area contributed by atoms with E-state index < -0.39 is 15.9 Å². The van der Waals surface area contributed by atoms with Crippen LogP contribution in [0, 0.1) is 13.8 Å². The van der Waals surface area contributed by atoms with Gasteiger partial charge < -0.3 is 10.1 Å². The SMILES string of the molecule is Cc1cc(C)c2c(OCC(=O)Nc3ccc(S(=O)(=O)N(C)Cc4ccccc4)cc3)nn(C)c2n1. The summed E-state index contributed by atoms with van der Waals surface area (Å²) in [6, 6.07) is 17.3. The second-order valence-electron chi connectivity index (χ2n) is 8.32. The topological polar surface area (TPSA) is 106 Å². The van der Waals surface area contributed by atoms with E-state index in [0.29, 0.717) is 17.2 Å². The summed E-state index contributed by atoms with van der Waals surface area (Å²) in [7, 11) is -0.366. The quantitative estimate of drug-likeness (QED) is 0.403. The largest absolute Gasteiger partial charge is 0.466 e. The average Bonchev–Trinajstić information content (AvgIpc) is 3.14. The van der Waals surface area contributed by atoms with Crippen molar-refractivity contribution >= 4 is 32.7 Å². The third kappa shape index (κ3) is 5.33. The first-order valence-electron chi connectivity index (χ1n) is 11.0. The van der Waals surface area contributed by atoms with E-state index in [4.69, 9.17) is 4.74 Å². The van der Waals surface area contributed by atoms with Gasteiger partial charge in [-0.3, -0.25) is 4.79 Å². The molecule has 10 heteroatoms. The first-order chi connectivity index (χ1) is 16.6. The Morgan fingerprint density at radius 2 is 1.77 bits per heavy atom. The van der Waals surface area contributed by atoms with Crippen molar-refractivity contribution < 1.29 is 17.9 Å². The van der Waals surface area contributed by atoms with Gasteiger partial charge in [-0.05, 0) is 55.3 Å². The fourth-order valence-electron chi connectivity index (χ4n) is 3.80. The lowest BCUT2D eigenvalue weighted by Gasteiger charge is -2.17. The molecule has 0 saturated carbocycles. The van der Waals surface area contributed by atoms with Crippen LogP contribution < -0.4 is 10.1 Å². The molecule has 0 bridgehead atoms. The van der Waals surface area contributed by atoms with Gasteiger partial charge in [-0.25, -0.2) is 18.1 Å². The molecule has 0 unspecified atom stereocenters. The molecule has 2 aromatic carbocycles. The van der Waals surface area contributed by atoms with Gasteiger partial charge in [0.2, 0.25) is 15.9 Å². The summed E-state index contributed by atoms with van der Waals surface area (Å²) in [5.74, 6) is -0.0520. The molecule has 0 saturated heterocycles. The molecule has 0 radical (unpaired) electrons. The number of rotatable bonds is 8. The molecule has 182 valence electrons. The van der Waals surface area contributed by atoms with E-state index in [0.717, 1.165) is 22.2 Å². The van der Waals surface area contributed by atoms with Gasteiger partial charge in [0, 0.05) is 32.0 Å². The highest BCUT2D eigenvalue weighted by Crippen LogP contribution is 2.27. The Hall–Kier alpha value is -3.76. The molecule has 9 nitrogen and oxygen atoms in total. The average molecular weight is 494 g/mol. The molecule has 0 atom stereocenters. The van der Waals surface area contributed by atoms with Crippen molar-refractivity contribution in [3.63, 3.8) is 0 Å². The van der Waals surface area contributed by atoms with Gasteiger partial charge in [0.25, 0.3) is 5.91 Å². The molecule has 0 spiro atoms. The Bertz CT molecular complexity index is 1470. The molecule has 0 fully saturated rings. The molecule has 4 aromatic rings. The van der Waals surface area contributed by atoms with Crippen molar-refractivity contribution in [1.29, 1.82) is 0 Å². The van der Waals surface area contributed by atoms with E-state index in [1.807, 2.05) is 50.2 Å². The van der Waals surface area contributed by atoms with Crippen molar-refractivity contribution in [2.24, 2.45) is 7.05 Å². The second kappa shape index (κ2) is 9.85. The fourth-order valence-corrected chi connectivity index (χ4v) is 4.96. The predicted molar refractivity (Wildman–Crippen MR) is 134 cm³/mol. The minimum atomic E-state index is -3.67. The number of aryl methyl sites for hydroxylation is 3. The van der Waals surface area contributed by atoms with Gasteiger partial charge in [0.15, 0.2) is 12.3 Å². The molecule has 0 aliphatic rings. The third-order valence-corrected chi connectivity index (χ3v) is 7.34. The van der Waals surface area contributed by atoms with Crippen LogP contribution in [0.4, 0.5) is 5.69 Å². The van der Waals surface area contributed by atoms with Crippen LogP contribution in [0.1, 0.15) is 16.8 Å². The Labute approximate surface area is 204 Å². The number of amides is 1. The summed E-state index contributed by atoms with van der Waals surface area (Å²) in [5, 5.41) is 7.82. The number of sulfonamides is 1. The predicted octanol–water partition coefficient (Wildman–Crippen LogP) is 3.42. The molecule has 35 heavy (non-hydrogen) atoms. The van der Waals surface area contributed by atoms with Gasteiger partial charge in [0.05, 0.1) is 10.3 Å². The molecular formula is C25H27N5O4S. The number of carbonyl (C=O) groups is 1. The first-order valence-corrected chi connectivity index (χ1v) is 12.4. The molecule has 0 aliphatic carbocycles. The summed E-state index contributed by atoms with van der Waals surface area (Å²) in [6.07, 6.45) is 0. The van der Waals surface area contributed by atoms with E-state index in [1.54, 1.807) is 23.9 Å². The number of hydrogen-bond acceptors (Lipinski definition) is 6. The summed E-state index contributed by atoms with van der Waals surface area (Å²) in [6.45, 7) is 3.86. The monoisotopic (exact) mass is 493 g/mol. The number of nitrogens with zero attached hydrogens (tertiary/aromatic N) is 4. The minimum Gasteiger partial charge on any atom is -0.466 e. The number of pyridine rings is 1. The highest BCUT2D eigenvalue weighted by atomic mass is 32.2. The van der Waals surface area contributed by atoms with E-state index in [1.165, 1.54) is 23.5 Å². The van der Waals surface area contributed by atoms with Gasteiger partial charge in [-0.15, -0.1) is 5.10 Å². The van der Waals surface area contributed by atoms with Crippen LogP contribution in [0.2, 0.25) is 0 Å². The maximum Gasteiger partial charge on any atom is 0.262 e. The van der Waals surface area contributed by atoms with Crippen molar-refractivity contribution in [3.8, 4) is 5.88 Å². The van der Waals surface area contributed by atoms with Crippen LogP contribution in [0.5, 0.6) is 5.88 Å². The number of aromatic nitrogens is 3. The van der Waals surface area contributed by atoms with Gasteiger partial charge in [0.1, 0.15) is 0 Å². The molecular weight excluding hydrogens is 466 g/mol. The number of nitrogens with one attached hydrogen (secondary N) is 1. The van der Waals surface area contributed by atoms with Gasteiger partial charge in [-0.2, -0.15) is 4.31 Å². The lowest BCUT2D eigenvalue weighted by molar-refractivity contribution is -0.118. The molecule has 1 N–H and O–H groups in total. The van der Waals surface area contributed by atoms with Crippen molar-refractivity contribution in [1.82, 2.24) is 19.1 Å². The van der Waals surface area contributed by atoms with Crippen molar-refractivity contribution in [2.75, 3.05) is 19.0 Å². The smallest absolute Gasteiger partial charge is 0.262 e. The third-order valence-electron chi connectivity index (χ3n) is 5.52. The normalized spacial score (nSPS) is 11.7. The summed E-state index contributed by atoms with van der Waals surface area (Å²) in [5.41, 5.74) is 3.88. The maximum absolute atomic E-state index is 12.9. The van der Waals surface area contributed by atoms with Crippen LogP contribution in [-0.4, -0.2) is 47.0 Å². The Balaban J connectivity index is 1.39. The first kappa shape index (κ1) is 24.4. The van der Waals surface area contributed by atoms with E-state index in [2.05, 4.69) is 15.4 Å². The lowest BCUT2D eigenvalue weighted by Crippen LogP contribution is -2.26. The van der Waals surface area contributed by atoms with Crippen LogP contribution in [-0.2, 0) is 28.4 Å². The molecule has 2 heterocycles. The number of ether oxygens (including phenoxy) is 1. The van der Waals surface area contributed by atoms with Gasteiger partial charge in [-0.1, -0.05) is 30.3 Å². The molecule has 2 aromatic heterocycles. The lowest BCUT2D eigenvalue weighted by atomic mass is 10.2. The molecule has 4 rings (SSSR count). The summed E-state index contributed by atoms with van der Waals surface area (Å²) in [4.78, 5) is 17.1. The Kier molecular flexibility index (Phi) is 6.86. The highest BCUT2D eigenvalue weighted by molar-refractivity contribution is 7.89. The Morgan fingerprint density at radius 1 is 1.09 bits per heavy atom. The van der Waals surface area contributed by atoms with Crippen LogP contribution in [0.3, 0.4) is 0 Å². The number of fused-ring (bicyclic) bond motifs is 1. The van der Waals surface area contributed by atoms with Crippen molar-refractivity contribution in [2.45, 2.75) is 25.3 Å². The van der Waals surface area contributed by atoms with Crippen LogP contribution in [0.25, 0.3) is 11.0 Å². The van der Waals surface area contributed by atoms with Gasteiger partial charge >= 0.3 is 0 Å². The second-order valence-corrected chi connectivity index (χ2v) is 10.4. The van der Waals surface area contributed by atoms with E-state index in [9.17, 15) is 13.2 Å². The number of anilines is 1. The zero-order valence-electron chi connectivity index (χ0n) is 20.0. The highest BCUT2D eigenvalue weighted by Gasteiger charge is 2.21. The van der Waals surface area contributed by atoms with E-state index in [-0.39, 0.29) is 18.0 Å². The maximum atomic E-state index is 12.9. The standard InChI is InChI=1S/C25H27N5O4S/c1-17-14-18(2)26-24-23(17)25(28-30(24)4)34-16-22(31)27-20-10-12-21(13-11-20)35(32,33)29(3)15-19-8-6-5-7-9-19/h5-14H,15-16H2,1-4H3,(H,27,31). The number of benzene rings is 2. The summed E-state index contributed by atoms with van der Waals surface area (Å²) < 4.78 is 34.4. The zero-order chi connectivity index (χ0) is 25.2. The summed E-state index contributed by atoms with van der Waals surface area (Å²) >= 11 is 0. The van der Waals surface area contributed by atoms with Crippen LogP contribution >= 0.6 is 0 Å². The molecule has 0 aliphatic heterocycles. The number of carbonyl (C=O) groups excluding carboxylic acids is 1. The fraction of sp³-hybridized carbons (Fsp3) is 0.240. The zero-order valence-corrected chi connectivity index (χ0v) is 20.8. The minimum absolute atomic E-state index is 0.142. The number of hydrogen-bond donors (Lipinski definition) is 1. The van der Waals surface area contributed by atoms with Crippen LogP contribution in [0.15, 0.2) is 65.6 Å².